The highest BCUT2D eigenvalue weighted by atomic mass is 16.6. The third-order valence-corrected chi connectivity index (χ3v) is 16.4. The lowest BCUT2D eigenvalue weighted by molar-refractivity contribution is -0.167. The maximum absolute atomic E-state index is 12.9. The lowest BCUT2D eigenvalue weighted by Crippen LogP contribution is -2.30. The summed E-state index contributed by atoms with van der Waals surface area (Å²) < 4.78 is 17.0. The Labute approximate surface area is 463 Å². The number of hydrogen-bond acceptors (Lipinski definition) is 6. The number of carbonyl (C=O) groups is 3. The van der Waals surface area contributed by atoms with Crippen LogP contribution < -0.4 is 0 Å². The molecule has 0 aromatic heterocycles. The largest absolute Gasteiger partial charge is 0.462 e. The molecule has 440 valence electrons. The quantitative estimate of drug-likeness (QED) is 0.0343. The van der Waals surface area contributed by atoms with Gasteiger partial charge in [-0.15, -0.1) is 0 Å². The van der Waals surface area contributed by atoms with Crippen molar-refractivity contribution in [2.24, 2.45) is 17.8 Å². The predicted octanol–water partition coefficient (Wildman–Crippen LogP) is 22.6. The van der Waals surface area contributed by atoms with E-state index in [1.807, 2.05) is 0 Å². The minimum Gasteiger partial charge on any atom is -0.462 e. The van der Waals surface area contributed by atoms with Crippen LogP contribution >= 0.6 is 0 Å². The van der Waals surface area contributed by atoms with E-state index in [2.05, 4.69) is 41.5 Å². The van der Waals surface area contributed by atoms with Gasteiger partial charge in [0.25, 0.3) is 0 Å². The molecule has 0 fully saturated rings. The van der Waals surface area contributed by atoms with Gasteiger partial charge in [0.05, 0.1) is 0 Å². The lowest BCUT2D eigenvalue weighted by atomic mass is 9.99. The van der Waals surface area contributed by atoms with Crippen LogP contribution in [-0.2, 0) is 28.6 Å². The number of hydrogen-bond donors (Lipinski definition) is 0. The third kappa shape index (κ3) is 58.1. The molecule has 6 nitrogen and oxygen atoms in total. The number of carbonyl (C=O) groups excluding carboxylic acids is 3. The second kappa shape index (κ2) is 59.1. The van der Waals surface area contributed by atoms with E-state index >= 15 is 0 Å². The van der Waals surface area contributed by atoms with Crippen LogP contribution in [0.4, 0.5) is 0 Å². The van der Waals surface area contributed by atoms with Gasteiger partial charge in [0.1, 0.15) is 13.2 Å². The Morgan fingerprint density at radius 3 is 0.703 bits per heavy atom. The van der Waals surface area contributed by atoms with E-state index in [1.165, 1.54) is 263 Å². The molecule has 0 bridgehead atoms. The van der Waals surface area contributed by atoms with Crippen LogP contribution in [0.15, 0.2) is 0 Å². The van der Waals surface area contributed by atoms with Gasteiger partial charge in [-0.05, 0) is 37.0 Å². The Kier molecular flexibility index (Phi) is 57.8. The first-order valence-corrected chi connectivity index (χ1v) is 33.7. The van der Waals surface area contributed by atoms with Crippen molar-refractivity contribution in [1.29, 1.82) is 0 Å². The fourth-order valence-corrected chi connectivity index (χ4v) is 10.5. The van der Waals surface area contributed by atoms with Crippen molar-refractivity contribution in [2.75, 3.05) is 13.2 Å². The second-order valence-corrected chi connectivity index (χ2v) is 24.4. The predicted molar refractivity (Wildman–Crippen MR) is 321 cm³/mol. The molecule has 2 unspecified atom stereocenters. The Hall–Kier alpha value is -1.59. The molecular weight excluding hydrogens is 913 g/mol. The van der Waals surface area contributed by atoms with E-state index in [0.717, 1.165) is 75.5 Å². The molecule has 0 spiro atoms. The maximum Gasteiger partial charge on any atom is 0.306 e. The molecule has 0 saturated heterocycles. The Morgan fingerprint density at radius 2 is 0.473 bits per heavy atom. The fraction of sp³-hybridized carbons (Fsp3) is 0.956. The van der Waals surface area contributed by atoms with Gasteiger partial charge >= 0.3 is 17.9 Å². The van der Waals surface area contributed by atoms with Crippen LogP contribution in [0, 0.1) is 17.8 Å². The molecule has 0 aromatic rings. The molecule has 0 radical (unpaired) electrons. The Balaban J connectivity index is 4.27. The van der Waals surface area contributed by atoms with Crippen LogP contribution in [-0.4, -0.2) is 37.2 Å². The molecule has 3 atom stereocenters. The van der Waals surface area contributed by atoms with E-state index in [9.17, 15) is 14.4 Å². The van der Waals surface area contributed by atoms with E-state index in [4.69, 9.17) is 14.2 Å². The standard InChI is InChI=1S/C68H132O6/c1-7-63(5)55-49-43-37-31-25-19-13-11-9-10-12-14-21-27-33-39-45-51-57-66(69)72-60-65(61-73-67(70)58-52-46-40-34-28-23-17-18-24-30-36-42-48-54-62(3)4)74-68(71)59-53-47-41-35-29-22-16-15-20-26-32-38-44-50-56-64(6)8-2/h62-65H,7-61H2,1-6H3/t63?,64?,65-/m1/s1. The van der Waals surface area contributed by atoms with E-state index < -0.39 is 6.10 Å². The molecular formula is C68H132O6. The molecule has 0 aromatic carbocycles. The third-order valence-electron chi connectivity index (χ3n) is 16.4. The molecule has 74 heavy (non-hydrogen) atoms. The normalized spacial score (nSPS) is 12.9. The molecule has 0 saturated carbocycles. The highest BCUT2D eigenvalue weighted by Crippen LogP contribution is 2.20. The summed E-state index contributed by atoms with van der Waals surface area (Å²) in [4.78, 5) is 38.4. The summed E-state index contributed by atoms with van der Waals surface area (Å²) in [5.41, 5.74) is 0. The summed E-state index contributed by atoms with van der Waals surface area (Å²) in [7, 11) is 0. The zero-order valence-electron chi connectivity index (χ0n) is 51.1. The summed E-state index contributed by atoms with van der Waals surface area (Å²) in [6, 6.07) is 0. The molecule has 0 N–H and O–H groups in total. The minimum atomic E-state index is -0.765. The summed E-state index contributed by atoms with van der Waals surface area (Å²) in [6.07, 6.45) is 65.2. The molecule has 6 heteroatoms. The number of unbranched alkanes of at least 4 members (excludes halogenated alkanes) is 42. The van der Waals surface area contributed by atoms with Crippen LogP contribution in [0.25, 0.3) is 0 Å². The Bertz CT molecular complexity index is 1150. The van der Waals surface area contributed by atoms with Gasteiger partial charge in [0.2, 0.25) is 0 Å². The SMILES string of the molecule is CCC(C)CCCCCCCCCCCCCCCCCCCCC(=O)OC[C@H](COC(=O)CCCCCCCCCCCCCCCC(C)C)OC(=O)CCCCCCCCCCCCCCCCC(C)CC. The summed E-state index contributed by atoms with van der Waals surface area (Å²) in [6.45, 7) is 13.9. The van der Waals surface area contributed by atoms with Crippen molar-refractivity contribution in [3.8, 4) is 0 Å². The molecule has 0 heterocycles. The monoisotopic (exact) mass is 1050 g/mol. The van der Waals surface area contributed by atoms with Gasteiger partial charge in [0.15, 0.2) is 6.10 Å². The van der Waals surface area contributed by atoms with Gasteiger partial charge in [0, 0.05) is 19.3 Å². The number of ether oxygens (including phenoxy) is 3. The van der Waals surface area contributed by atoms with Crippen molar-refractivity contribution in [3.63, 3.8) is 0 Å². The first-order valence-electron chi connectivity index (χ1n) is 33.7. The van der Waals surface area contributed by atoms with Crippen LogP contribution in [0.1, 0.15) is 382 Å². The average Bonchev–Trinajstić information content (AvgIpc) is 3.39. The van der Waals surface area contributed by atoms with Crippen LogP contribution in [0.2, 0.25) is 0 Å². The average molecular weight is 1050 g/mol. The van der Waals surface area contributed by atoms with Crippen molar-refractivity contribution in [1.82, 2.24) is 0 Å². The molecule has 0 aliphatic heterocycles. The number of rotatable bonds is 61. The topological polar surface area (TPSA) is 78.9 Å². The lowest BCUT2D eigenvalue weighted by Gasteiger charge is -2.18. The minimum absolute atomic E-state index is 0.0622. The van der Waals surface area contributed by atoms with Crippen molar-refractivity contribution in [3.05, 3.63) is 0 Å². The van der Waals surface area contributed by atoms with E-state index in [0.29, 0.717) is 19.3 Å². The van der Waals surface area contributed by atoms with Gasteiger partial charge in [-0.25, -0.2) is 0 Å². The summed E-state index contributed by atoms with van der Waals surface area (Å²) in [5.74, 6) is 1.81. The zero-order valence-corrected chi connectivity index (χ0v) is 51.1. The van der Waals surface area contributed by atoms with E-state index in [1.54, 1.807) is 0 Å². The van der Waals surface area contributed by atoms with Crippen molar-refractivity contribution < 1.29 is 28.6 Å². The first-order chi connectivity index (χ1) is 36.2. The zero-order chi connectivity index (χ0) is 54.1. The molecule has 0 rings (SSSR count). The Morgan fingerprint density at radius 1 is 0.270 bits per heavy atom. The summed E-state index contributed by atoms with van der Waals surface area (Å²) in [5, 5.41) is 0. The number of esters is 3. The van der Waals surface area contributed by atoms with E-state index in [-0.39, 0.29) is 31.1 Å². The van der Waals surface area contributed by atoms with Crippen molar-refractivity contribution in [2.45, 2.75) is 388 Å². The van der Waals surface area contributed by atoms with Gasteiger partial charge in [-0.1, -0.05) is 343 Å². The van der Waals surface area contributed by atoms with Gasteiger partial charge < -0.3 is 14.2 Å². The highest BCUT2D eigenvalue weighted by Gasteiger charge is 2.20. The van der Waals surface area contributed by atoms with Crippen molar-refractivity contribution >= 4 is 17.9 Å². The molecule has 0 amide bonds. The van der Waals surface area contributed by atoms with Crippen LogP contribution in [0.5, 0.6) is 0 Å². The van der Waals surface area contributed by atoms with Gasteiger partial charge in [-0.3, -0.25) is 14.4 Å². The molecule has 0 aliphatic rings. The highest BCUT2D eigenvalue weighted by molar-refractivity contribution is 5.71. The maximum atomic E-state index is 12.9. The fourth-order valence-electron chi connectivity index (χ4n) is 10.5. The second-order valence-electron chi connectivity index (χ2n) is 24.4. The summed E-state index contributed by atoms with van der Waals surface area (Å²) >= 11 is 0. The molecule has 0 aliphatic carbocycles. The smallest absolute Gasteiger partial charge is 0.306 e. The van der Waals surface area contributed by atoms with Crippen LogP contribution in [0.3, 0.4) is 0 Å². The first kappa shape index (κ1) is 72.4. The van der Waals surface area contributed by atoms with Gasteiger partial charge in [-0.2, -0.15) is 0 Å².